The van der Waals surface area contributed by atoms with Crippen LogP contribution in [-0.4, -0.2) is 0 Å². The summed E-state index contributed by atoms with van der Waals surface area (Å²) in [5.74, 6) is 1.79. The molecule has 174 valence electrons. The van der Waals surface area contributed by atoms with Crippen LogP contribution in [0.25, 0.3) is 0 Å². The highest BCUT2D eigenvalue weighted by molar-refractivity contribution is 4.84. The fraction of sp³-hybridized carbons (Fsp3) is 1.00. The summed E-state index contributed by atoms with van der Waals surface area (Å²) in [4.78, 5) is 0. The first-order valence-corrected chi connectivity index (χ1v) is 12.4. The van der Waals surface area contributed by atoms with Crippen LogP contribution < -0.4 is 0 Å². The van der Waals surface area contributed by atoms with Crippen molar-refractivity contribution >= 4 is 0 Å². The molecule has 0 radical (unpaired) electrons. The Morgan fingerprint density at radius 2 is 1.11 bits per heavy atom. The maximum Gasteiger partial charge on any atom is -0.0354 e. The Morgan fingerprint density at radius 3 is 1.36 bits per heavy atom. The molecule has 0 heterocycles. The smallest absolute Gasteiger partial charge is 0.0354 e. The van der Waals surface area contributed by atoms with Crippen molar-refractivity contribution in [3.8, 4) is 0 Å². The van der Waals surface area contributed by atoms with E-state index in [0.29, 0.717) is 21.7 Å². The second kappa shape index (κ2) is 14.1. The van der Waals surface area contributed by atoms with Gasteiger partial charge in [-0.05, 0) is 72.0 Å². The van der Waals surface area contributed by atoms with Crippen LogP contribution in [0.1, 0.15) is 149 Å². The van der Waals surface area contributed by atoms with E-state index < -0.39 is 0 Å². The quantitative estimate of drug-likeness (QED) is 0.433. The monoisotopic (exact) mass is 398 g/mol. The van der Waals surface area contributed by atoms with Crippen molar-refractivity contribution in [3.63, 3.8) is 0 Å². The van der Waals surface area contributed by atoms with Gasteiger partial charge in [-0.1, -0.05) is 111 Å². The van der Waals surface area contributed by atoms with Crippen LogP contribution in [0.3, 0.4) is 0 Å². The number of hydrogen-bond acceptors (Lipinski definition) is 0. The minimum atomic E-state index is 0.477. The first-order valence-electron chi connectivity index (χ1n) is 12.4. The van der Waals surface area contributed by atoms with Crippen molar-refractivity contribution < 1.29 is 0 Å². The summed E-state index contributed by atoms with van der Waals surface area (Å²) in [6, 6.07) is 0. The summed E-state index contributed by atoms with van der Waals surface area (Å²) in [6.07, 6.45) is 8.43. The van der Waals surface area contributed by atoms with Crippen LogP contribution >= 0.6 is 0 Å². The van der Waals surface area contributed by atoms with Gasteiger partial charge in [-0.15, -0.1) is 0 Å². The van der Waals surface area contributed by atoms with Gasteiger partial charge in [0.05, 0.1) is 0 Å². The van der Waals surface area contributed by atoms with E-state index in [0.717, 1.165) is 11.8 Å². The molecular formula is C28H62. The Labute approximate surface area is 183 Å². The highest BCUT2D eigenvalue weighted by Gasteiger charge is 2.32. The molecule has 0 bridgehead atoms. The maximum atomic E-state index is 2.41. The molecule has 1 saturated carbocycles. The van der Waals surface area contributed by atoms with Crippen LogP contribution in [0.15, 0.2) is 0 Å². The molecule has 1 atom stereocenters. The standard InChI is InChI=1S/C12H24.C12H26.2C2H6/c1-11(2,3)10-6-8-12(4,5)9-7-10;1-10(12(5,6)7)8-9-11(2,3)4;2*1-2/h10H,6-9H2,1-5H3;10H,8-9H2,1-7H3;2*1-2H3. The predicted octanol–water partition coefficient (Wildman–Crippen LogP) is 10.8. The van der Waals surface area contributed by atoms with Crippen molar-refractivity contribution in [2.45, 2.75) is 149 Å². The van der Waals surface area contributed by atoms with Crippen LogP contribution in [0, 0.1) is 33.5 Å². The normalized spacial score (nSPS) is 18.4. The van der Waals surface area contributed by atoms with Crippen molar-refractivity contribution in [3.05, 3.63) is 0 Å². The summed E-state index contributed by atoms with van der Waals surface area (Å²) >= 11 is 0. The van der Waals surface area contributed by atoms with Gasteiger partial charge in [-0.2, -0.15) is 0 Å². The van der Waals surface area contributed by atoms with E-state index in [4.69, 9.17) is 0 Å². The Bertz CT molecular complexity index is 326. The largest absolute Gasteiger partial charge is 0.0683 e. The second-order valence-corrected chi connectivity index (χ2v) is 12.7. The van der Waals surface area contributed by atoms with E-state index >= 15 is 0 Å². The Balaban J connectivity index is -0.000000379. The highest BCUT2D eigenvalue weighted by Crippen LogP contribution is 2.44. The summed E-state index contributed by atoms with van der Waals surface area (Å²) in [7, 11) is 0. The molecule has 0 saturated heterocycles. The summed E-state index contributed by atoms with van der Waals surface area (Å²) in [6.45, 7) is 36.3. The van der Waals surface area contributed by atoms with Gasteiger partial charge in [0.25, 0.3) is 0 Å². The highest BCUT2D eigenvalue weighted by atomic mass is 14.4. The molecule has 0 aromatic rings. The van der Waals surface area contributed by atoms with Gasteiger partial charge in [0.15, 0.2) is 0 Å². The number of rotatable bonds is 2. The lowest BCUT2D eigenvalue weighted by atomic mass is 9.65. The minimum Gasteiger partial charge on any atom is -0.0683 e. The molecular weight excluding hydrogens is 336 g/mol. The molecule has 0 heteroatoms. The minimum absolute atomic E-state index is 0.477. The molecule has 28 heavy (non-hydrogen) atoms. The molecule has 1 fully saturated rings. The van der Waals surface area contributed by atoms with Crippen LogP contribution in [0.2, 0.25) is 0 Å². The second-order valence-electron chi connectivity index (χ2n) is 12.7. The summed E-state index contributed by atoms with van der Waals surface area (Å²) in [5, 5.41) is 0. The topological polar surface area (TPSA) is 0 Å². The third-order valence-electron chi connectivity index (χ3n) is 6.37. The van der Waals surface area contributed by atoms with Crippen molar-refractivity contribution in [2.24, 2.45) is 33.5 Å². The molecule has 0 amide bonds. The SMILES string of the molecule is CC.CC.CC(CCC(C)(C)C)C(C)(C)C.CC1(C)CCC(C(C)(C)C)CC1. The lowest BCUT2D eigenvalue weighted by Crippen LogP contribution is -2.29. The third-order valence-corrected chi connectivity index (χ3v) is 6.37. The van der Waals surface area contributed by atoms with Gasteiger partial charge < -0.3 is 0 Å². The van der Waals surface area contributed by atoms with Crippen LogP contribution in [0.4, 0.5) is 0 Å². The lowest BCUT2D eigenvalue weighted by molar-refractivity contribution is 0.111. The maximum absolute atomic E-state index is 2.41. The van der Waals surface area contributed by atoms with Crippen LogP contribution in [-0.2, 0) is 0 Å². The van der Waals surface area contributed by atoms with E-state index in [1.807, 2.05) is 27.7 Å². The van der Waals surface area contributed by atoms with E-state index in [-0.39, 0.29) is 0 Å². The molecule has 1 rings (SSSR count). The van der Waals surface area contributed by atoms with Crippen LogP contribution in [0.5, 0.6) is 0 Å². The van der Waals surface area contributed by atoms with E-state index in [1.54, 1.807) is 0 Å². The average molecular weight is 399 g/mol. The molecule has 0 aromatic carbocycles. The van der Waals surface area contributed by atoms with Crippen molar-refractivity contribution in [2.75, 3.05) is 0 Å². The Kier molecular flexibility index (Phi) is 16.4. The predicted molar refractivity (Wildman–Crippen MR) is 135 cm³/mol. The first-order chi connectivity index (χ1) is 12.4. The molecule has 1 aliphatic rings. The number of hydrogen-bond donors (Lipinski definition) is 0. The molecule has 0 aromatic heterocycles. The molecule has 1 aliphatic carbocycles. The average Bonchev–Trinajstić information content (AvgIpc) is 2.54. The van der Waals surface area contributed by atoms with Gasteiger partial charge >= 0.3 is 0 Å². The van der Waals surface area contributed by atoms with Gasteiger partial charge in [-0.25, -0.2) is 0 Å². The fourth-order valence-corrected chi connectivity index (χ4v) is 3.35. The van der Waals surface area contributed by atoms with E-state index in [9.17, 15) is 0 Å². The zero-order valence-corrected chi connectivity index (χ0v) is 23.4. The Morgan fingerprint density at radius 1 is 0.750 bits per heavy atom. The van der Waals surface area contributed by atoms with Gasteiger partial charge in [-0.3, -0.25) is 0 Å². The third kappa shape index (κ3) is 18.1. The van der Waals surface area contributed by atoms with Crippen molar-refractivity contribution in [1.82, 2.24) is 0 Å². The van der Waals surface area contributed by atoms with Gasteiger partial charge in [0.1, 0.15) is 0 Å². The van der Waals surface area contributed by atoms with Gasteiger partial charge in [0, 0.05) is 0 Å². The van der Waals surface area contributed by atoms with E-state index in [1.165, 1.54) is 38.5 Å². The summed E-state index contributed by atoms with van der Waals surface area (Å²) < 4.78 is 0. The van der Waals surface area contributed by atoms with Gasteiger partial charge in [0.2, 0.25) is 0 Å². The molecule has 0 N–H and O–H groups in total. The van der Waals surface area contributed by atoms with Crippen molar-refractivity contribution in [1.29, 1.82) is 0 Å². The summed E-state index contributed by atoms with van der Waals surface area (Å²) in [5.41, 5.74) is 2.14. The molecule has 0 aliphatic heterocycles. The first kappa shape index (κ1) is 32.7. The fourth-order valence-electron chi connectivity index (χ4n) is 3.35. The molecule has 1 unspecified atom stereocenters. The zero-order chi connectivity index (χ0) is 23.4. The molecule has 0 nitrogen and oxygen atoms in total. The Hall–Kier alpha value is 0. The molecule has 0 spiro atoms. The lowest BCUT2D eigenvalue weighted by Gasteiger charge is -2.40. The zero-order valence-electron chi connectivity index (χ0n) is 23.4. The van der Waals surface area contributed by atoms with E-state index in [2.05, 4.69) is 83.1 Å².